The van der Waals surface area contributed by atoms with Crippen LogP contribution in [0.5, 0.6) is 0 Å². The molecule has 2 aromatic rings. The molecule has 1 aromatic carbocycles. The number of hydrogen-bond acceptors (Lipinski definition) is 2. The maximum atomic E-state index is 11.8. The Balaban J connectivity index is 1.62. The van der Waals surface area contributed by atoms with Crippen molar-refractivity contribution in [3.63, 3.8) is 0 Å². The summed E-state index contributed by atoms with van der Waals surface area (Å²) >= 11 is 0. The van der Waals surface area contributed by atoms with Gasteiger partial charge in [-0.25, -0.2) is 5.10 Å². The third-order valence-corrected chi connectivity index (χ3v) is 5.49. The third kappa shape index (κ3) is 1.65. The Hall–Kier alpha value is -1.64. The lowest BCUT2D eigenvalue weighted by atomic mass is 9.47. The molecule has 0 atom stereocenters. The van der Waals surface area contributed by atoms with Crippen LogP contribution < -0.4 is 5.56 Å². The minimum atomic E-state index is -0.0759. The zero-order valence-corrected chi connectivity index (χ0v) is 11.9. The van der Waals surface area contributed by atoms with Gasteiger partial charge in [-0.1, -0.05) is 31.5 Å². The largest absolute Gasteiger partial charge is 0.272 e. The van der Waals surface area contributed by atoms with Crippen LogP contribution in [0.2, 0.25) is 0 Å². The number of aromatic amines is 1. The van der Waals surface area contributed by atoms with Crippen LogP contribution in [0.3, 0.4) is 0 Å². The second kappa shape index (κ2) is 4.18. The summed E-state index contributed by atoms with van der Waals surface area (Å²) in [5, 5.41) is 8.84. The summed E-state index contributed by atoms with van der Waals surface area (Å²) in [4.78, 5) is 11.8. The van der Waals surface area contributed by atoms with E-state index in [2.05, 4.69) is 17.1 Å². The highest BCUT2D eigenvalue weighted by Gasteiger charge is 2.52. The van der Waals surface area contributed by atoms with E-state index in [0.717, 1.165) is 22.4 Å². The van der Waals surface area contributed by atoms with Gasteiger partial charge in [0.05, 0.1) is 11.1 Å². The van der Waals surface area contributed by atoms with Gasteiger partial charge in [-0.05, 0) is 43.1 Å². The Morgan fingerprint density at radius 1 is 1.20 bits per heavy atom. The van der Waals surface area contributed by atoms with Crippen molar-refractivity contribution in [2.45, 2.75) is 44.9 Å². The summed E-state index contributed by atoms with van der Waals surface area (Å²) in [7, 11) is 0. The first-order chi connectivity index (χ1) is 9.71. The first-order valence-corrected chi connectivity index (χ1v) is 7.68. The fraction of sp³-hybridized carbons (Fsp3) is 0.529. The Labute approximate surface area is 118 Å². The summed E-state index contributed by atoms with van der Waals surface area (Å²) < 4.78 is 0. The highest BCUT2D eigenvalue weighted by molar-refractivity contribution is 5.83. The fourth-order valence-electron chi connectivity index (χ4n) is 4.41. The lowest BCUT2D eigenvalue weighted by Crippen LogP contribution is -2.46. The Morgan fingerprint density at radius 3 is 2.60 bits per heavy atom. The molecule has 2 aliphatic carbocycles. The van der Waals surface area contributed by atoms with Crippen LogP contribution in [0.25, 0.3) is 10.8 Å². The van der Waals surface area contributed by atoms with Gasteiger partial charge in [0.1, 0.15) is 0 Å². The predicted octanol–water partition coefficient (Wildman–Crippen LogP) is 3.61. The van der Waals surface area contributed by atoms with Gasteiger partial charge >= 0.3 is 0 Å². The molecule has 4 rings (SSSR count). The van der Waals surface area contributed by atoms with Gasteiger partial charge in [0, 0.05) is 11.3 Å². The lowest BCUT2D eigenvalue weighted by molar-refractivity contribution is -0.0435. The molecule has 1 N–H and O–H groups in total. The van der Waals surface area contributed by atoms with Crippen LogP contribution in [0.4, 0.5) is 0 Å². The van der Waals surface area contributed by atoms with Crippen LogP contribution in [-0.2, 0) is 0 Å². The molecular formula is C17H20N2O. The van der Waals surface area contributed by atoms with Crippen molar-refractivity contribution in [1.29, 1.82) is 0 Å². The molecule has 0 saturated heterocycles. The van der Waals surface area contributed by atoms with E-state index in [9.17, 15) is 4.79 Å². The van der Waals surface area contributed by atoms with E-state index in [4.69, 9.17) is 0 Å². The SMILES string of the molecule is CCC1CC2(C1)CC(c1n[nH]c(=O)c3ccccc13)C2. The van der Waals surface area contributed by atoms with Crippen LogP contribution in [0, 0.1) is 11.3 Å². The van der Waals surface area contributed by atoms with E-state index in [1.807, 2.05) is 24.3 Å². The average molecular weight is 268 g/mol. The van der Waals surface area contributed by atoms with E-state index in [1.54, 1.807) is 0 Å². The molecule has 1 spiro atoms. The number of aromatic nitrogens is 2. The maximum Gasteiger partial charge on any atom is 0.272 e. The molecule has 2 fully saturated rings. The van der Waals surface area contributed by atoms with Gasteiger partial charge in [0.2, 0.25) is 0 Å². The zero-order chi connectivity index (χ0) is 13.7. The minimum Gasteiger partial charge on any atom is -0.267 e. The lowest BCUT2D eigenvalue weighted by Gasteiger charge is -2.58. The number of hydrogen-bond donors (Lipinski definition) is 1. The number of nitrogens with zero attached hydrogens (tertiary/aromatic N) is 1. The van der Waals surface area contributed by atoms with Crippen molar-refractivity contribution in [2.75, 3.05) is 0 Å². The fourth-order valence-corrected chi connectivity index (χ4v) is 4.41. The maximum absolute atomic E-state index is 11.8. The van der Waals surface area contributed by atoms with Gasteiger partial charge in [-0.3, -0.25) is 4.79 Å². The van der Waals surface area contributed by atoms with Gasteiger partial charge < -0.3 is 0 Å². The van der Waals surface area contributed by atoms with Gasteiger partial charge in [-0.2, -0.15) is 5.10 Å². The Bertz CT molecular complexity index is 704. The normalized spacial score (nSPS) is 32.0. The van der Waals surface area contributed by atoms with Crippen molar-refractivity contribution in [2.24, 2.45) is 11.3 Å². The van der Waals surface area contributed by atoms with E-state index >= 15 is 0 Å². The predicted molar refractivity (Wildman–Crippen MR) is 79.8 cm³/mol. The van der Waals surface area contributed by atoms with Crippen LogP contribution in [-0.4, -0.2) is 10.2 Å². The standard InChI is InChI=1S/C17H20N2O/c1-2-11-7-17(8-11)9-12(10-17)15-13-5-3-4-6-14(13)16(20)19-18-15/h3-6,11-12H,2,7-10H2,1H3,(H,19,20). The summed E-state index contributed by atoms with van der Waals surface area (Å²) in [6.07, 6.45) is 6.65. The molecule has 3 nitrogen and oxygen atoms in total. The first kappa shape index (κ1) is 12.1. The van der Waals surface area contributed by atoms with E-state index < -0.39 is 0 Å². The number of benzene rings is 1. The molecule has 104 valence electrons. The molecule has 1 aromatic heterocycles. The smallest absolute Gasteiger partial charge is 0.267 e. The van der Waals surface area contributed by atoms with E-state index in [-0.39, 0.29) is 5.56 Å². The summed E-state index contributed by atoms with van der Waals surface area (Å²) in [5.74, 6) is 1.49. The number of H-pyrrole nitrogens is 1. The summed E-state index contributed by atoms with van der Waals surface area (Å²) in [6.45, 7) is 2.30. The monoisotopic (exact) mass is 268 g/mol. The van der Waals surface area contributed by atoms with Gasteiger partial charge in [-0.15, -0.1) is 0 Å². The minimum absolute atomic E-state index is 0.0759. The first-order valence-electron chi connectivity index (χ1n) is 7.68. The second-order valence-electron chi connectivity index (χ2n) is 6.77. The van der Waals surface area contributed by atoms with Crippen molar-refractivity contribution >= 4 is 10.8 Å². The highest BCUT2D eigenvalue weighted by Crippen LogP contribution is 2.64. The molecule has 0 unspecified atom stereocenters. The Morgan fingerprint density at radius 2 is 1.90 bits per heavy atom. The van der Waals surface area contributed by atoms with Crippen molar-refractivity contribution in [3.05, 3.63) is 40.3 Å². The molecule has 20 heavy (non-hydrogen) atoms. The summed E-state index contributed by atoms with van der Waals surface area (Å²) in [5.41, 5.74) is 1.64. The number of nitrogens with one attached hydrogen (secondary N) is 1. The molecule has 2 aliphatic rings. The summed E-state index contributed by atoms with van der Waals surface area (Å²) in [6, 6.07) is 7.84. The zero-order valence-electron chi connectivity index (χ0n) is 11.9. The van der Waals surface area contributed by atoms with Crippen molar-refractivity contribution < 1.29 is 0 Å². The van der Waals surface area contributed by atoms with Crippen LogP contribution in [0.15, 0.2) is 29.1 Å². The van der Waals surface area contributed by atoms with Crippen molar-refractivity contribution in [1.82, 2.24) is 10.2 Å². The van der Waals surface area contributed by atoms with Crippen LogP contribution in [0.1, 0.15) is 50.6 Å². The molecule has 0 aliphatic heterocycles. The molecule has 0 bridgehead atoms. The van der Waals surface area contributed by atoms with Crippen molar-refractivity contribution in [3.8, 4) is 0 Å². The average Bonchev–Trinajstić information content (AvgIpc) is 2.38. The molecular weight excluding hydrogens is 248 g/mol. The van der Waals surface area contributed by atoms with Gasteiger partial charge in [0.15, 0.2) is 0 Å². The molecule has 0 amide bonds. The molecule has 1 heterocycles. The topological polar surface area (TPSA) is 45.8 Å². The Kier molecular flexibility index (Phi) is 2.53. The highest BCUT2D eigenvalue weighted by atomic mass is 16.1. The van der Waals surface area contributed by atoms with E-state index in [1.165, 1.54) is 32.1 Å². The second-order valence-corrected chi connectivity index (χ2v) is 6.77. The molecule has 0 radical (unpaired) electrons. The quantitative estimate of drug-likeness (QED) is 0.904. The number of fused-ring (bicyclic) bond motifs is 1. The van der Waals surface area contributed by atoms with Gasteiger partial charge in [0.25, 0.3) is 5.56 Å². The number of rotatable bonds is 2. The van der Waals surface area contributed by atoms with E-state index in [0.29, 0.717) is 11.3 Å². The third-order valence-electron chi connectivity index (χ3n) is 5.49. The molecule has 3 heteroatoms. The molecule has 2 saturated carbocycles. The van der Waals surface area contributed by atoms with Crippen LogP contribution >= 0.6 is 0 Å².